The Labute approximate surface area is 128 Å². The van der Waals surface area contributed by atoms with E-state index in [-0.39, 0.29) is 11.4 Å². The third-order valence-electron chi connectivity index (χ3n) is 2.95. The standard InChI is InChI=1S/C15H21N3O2S/c1-15(2,3)12-10-21-13(18-12)6-7-16-14(19)17-9-11-5-4-8-20-11/h4-5,8,10H,6-7,9H2,1-3H3,(H2,16,17,19). The van der Waals surface area contributed by atoms with Gasteiger partial charge in [-0.15, -0.1) is 11.3 Å². The zero-order valence-corrected chi connectivity index (χ0v) is 13.4. The summed E-state index contributed by atoms with van der Waals surface area (Å²) in [5.41, 5.74) is 1.17. The van der Waals surface area contributed by atoms with Crippen LogP contribution in [0.4, 0.5) is 4.79 Å². The number of carbonyl (C=O) groups excluding carboxylic acids is 1. The first-order valence-electron chi connectivity index (χ1n) is 6.94. The molecule has 2 aromatic heterocycles. The summed E-state index contributed by atoms with van der Waals surface area (Å²) in [6, 6.07) is 3.42. The second kappa shape index (κ2) is 6.76. The van der Waals surface area contributed by atoms with E-state index in [4.69, 9.17) is 4.42 Å². The van der Waals surface area contributed by atoms with E-state index in [1.807, 2.05) is 6.07 Å². The molecule has 0 aliphatic carbocycles. The molecule has 2 N–H and O–H groups in total. The van der Waals surface area contributed by atoms with Crippen LogP contribution in [0.3, 0.4) is 0 Å². The van der Waals surface area contributed by atoms with E-state index >= 15 is 0 Å². The lowest BCUT2D eigenvalue weighted by molar-refractivity contribution is 0.239. The first-order chi connectivity index (χ1) is 9.95. The SMILES string of the molecule is CC(C)(C)c1csc(CCNC(=O)NCc2ccco2)n1. The summed E-state index contributed by atoms with van der Waals surface area (Å²) in [7, 11) is 0. The summed E-state index contributed by atoms with van der Waals surface area (Å²) in [4.78, 5) is 16.2. The Balaban J connectivity index is 1.69. The number of thiazole rings is 1. The van der Waals surface area contributed by atoms with Crippen molar-refractivity contribution in [2.24, 2.45) is 0 Å². The van der Waals surface area contributed by atoms with Gasteiger partial charge in [0, 0.05) is 23.8 Å². The zero-order chi connectivity index (χ0) is 15.3. The van der Waals surface area contributed by atoms with E-state index in [2.05, 4.69) is 41.8 Å². The first-order valence-corrected chi connectivity index (χ1v) is 7.82. The molecule has 0 spiro atoms. The lowest BCUT2D eigenvalue weighted by Gasteiger charge is -2.14. The lowest BCUT2D eigenvalue weighted by Crippen LogP contribution is -2.36. The van der Waals surface area contributed by atoms with E-state index in [1.165, 1.54) is 0 Å². The summed E-state index contributed by atoms with van der Waals surface area (Å²) in [5, 5.41) is 8.69. The molecule has 2 amide bonds. The Morgan fingerprint density at radius 2 is 2.19 bits per heavy atom. The largest absolute Gasteiger partial charge is 0.467 e. The van der Waals surface area contributed by atoms with E-state index in [9.17, 15) is 4.79 Å². The molecule has 6 heteroatoms. The molecule has 0 aromatic carbocycles. The highest BCUT2D eigenvalue weighted by Crippen LogP contribution is 2.23. The lowest BCUT2D eigenvalue weighted by atomic mass is 9.93. The maximum atomic E-state index is 11.6. The molecule has 0 bridgehead atoms. The molecule has 2 heterocycles. The molecule has 0 atom stereocenters. The Morgan fingerprint density at radius 1 is 1.38 bits per heavy atom. The van der Waals surface area contributed by atoms with Crippen LogP contribution in [0.15, 0.2) is 28.2 Å². The molecule has 0 fully saturated rings. The predicted octanol–water partition coefficient (Wildman–Crippen LogP) is 3.08. The third-order valence-corrected chi connectivity index (χ3v) is 3.86. The average Bonchev–Trinajstić information content (AvgIpc) is 3.07. The molecular formula is C15H21N3O2S. The number of furan rings is 1. The topological polar surface area (TPSA) is 67.2 Å². The summed E-state index contributed by atoms with van der Waals surface area (Å²) >= 11 is 1.64. The van der Waals surface area contributed by atoms with Gasteiger partial charge in [0.2, 0.25) is 0 Å². The monoisotopic (exact) mass is 307 g/mol. The van der Waals surface area contributed by atoms with Crippen LogP contribution >= 0.6 is 11.3 Å². The number of hydrogen-bond donors (Lipinski definition) is 2. The molecule has 5 nitrogen and oxygen atoms in total. The number of amides is 2. The van der Waals surface area contributed by atoms with Gasteiger partial charge < -0.3 is 15.1 Å². The van der Waals surface area contributed by atoms with Crippen molar-refractivity contribution in [3.05, 3.63) is 40.2 Å². The molecule has 114 valence electrons. The van der Waals surface area contributed by atoms with Crippen LogP contribution < -0.4 is 10.6 Å². The van der Waals surface area contributed by atoms with E-state index < -0.39 is 0 Å². The van der Waals surface area contributed by atoms with Gasteiger partial charge in [-0.2, -0.15) is 0 Å². The predicted molar refractivity (Wildman–Crippen MR) is 83.5 cm³/mol. The number of rotatable bonds is 5. The molecule has 0 aliphatic rings. The highest BCUT2D eigenvalue weighted by Gasteiger charge is 2.17. The average molecular weight is 307 g/mol. The van der Waals surface area contributed by atoms with Crippen LogP contribution in [-0.2, 0) is 18.4 Å². The van der Waals surface area contributed by atoms with Gasteiger partial charge >= 0.3 is 6.03 Å². The number of carbonyl (C=O) groups is 1. The van der Waals surface area contributed by atoms with Crippen LogP contribution in [0.2, 0.25) is 0 Å². The van der Waals surface area contributed by atoms with Gasteiger partial charge in [0.15, 0.2) is 0 Å². The van der Waals surface area contributed by atoms with Crippen LogP contribution in [0, 0.1) is 0 Å². The van der Waals surface area contributed by atoms with Crippen molar-refractivity contribution < 1.29 is 9.21 Å². The second-order valence-corrected chi connectivity index (χ2v) is 6.76. The highest BCUT2D eigenvalue weighted by atomic mass is 32.1. The number of hydrogen-bond acceptors (Lipinski definition) is 4. The maximum Gasteiger partial charge on any atom is 0.315 e. The Hall–Kier alpha value is -1.82. The molecule has 0 saturated carbocycles. The summed E-state index contributed by atoms with van der Waals surface area (Å²) in [5.74, 6) is 0.736. The van der Waals surface area contributed by atoms with Gasteiger partial charge in [0.1, 0.15) is 5.76 Å². The van der Waals surface area contributed by atoms with Crippen molar-refractivity contribution in [1.29, 1.82) is 0 Å². The van der Waals surface area contributed by atoms with Gasteiger partial charge in [-0.05, 0) is 12.1 Å². The summed E-state index contributed by atoms with van der Waals surface area (Å²) < 4.78 is 5.14. The van der Waals surface area contributed by atoms with Crippen molar-refractivity contribution in [3.63, 3.8) is 0 Å². The molecule has 2 aromatic rings. The number of urea groups is 1. The van der Waals surface area contributed by atoms with Crippen LogP contribution in [0.1, 0.15) is 37.2 Å². The Morgan fingerprint density at radius 3 is 2.81 bits per heavy atom. The van der Waals surface area contributed by atoms with Crippen molar-refractivity contribution in [2.75, 3.05) is 6.54 Å². The van der Waals surface area contributed by atoms with E-state index in [0.717, 1.165) is 22.9 Å². The molecule has 0 unspecified atom stereocenters. The van der Waals surface area contributed by atoms with Crippen molar-refractivity contribution >= 4 is 17.4 Å². The summed E-state index contributed by atoms with van der Waals surface area (Å²) in [6.07, 6.45) is 2.33. The normalized spacial score (nSPS) is 11.4. The van der Waals surface area contributed by atoms with Gasteiger partial charge in [-0.1, -0.05) is 20.8 Å². The quantitative estimate of drug-likeness (QED) is 0.892. The molecule has 2 rings (SSSR count). The summed E-state index contributed by atoms with van der Waals surface area (Å²) in [6.45, 7) is 7.40. The minimum Gasteiger partial charge on any atom is -0.467 e. The van der Waals surface area contributed by atoms with Crippen LogP contribution in [0.5, 0.6) is 0 Å². The minimum absolute atomic E-state index is 0.0720. The second-order valence-electron chi connectivity index (χ2n) is 5.82. The minimum atomic E-state index is -0.195. The smallest absolute Gasteiger partial charge is 0.315 e. The Bertz CT molecular complexity index is 570. The van der Waals surface area contributed by atoms with E-state index in [1.54, 1.807) is 23.7 Å². The molecule has 0 aliphatic heterocycles. The first kappa shape index (κ1) is 15.6. The maximum absolute atomic E-state index is 11.6. The fourth-order valence-electron chi connectivity index (χ4n) is 1.70. The van der Waals surface area contributed by atoms with Gasteiger partial charge in [-0.3, -0.25) is 0 Å². The van der Waals surface area contributed by atoms with Crippen molar-refractivity contribution in [3.8, 4) is 0 Å². The van der Waals surface area contributed by atoms with Gasteiger partial charge in [-0.25, -0.2) is 9.78 Å². The van der Waals surface area contributed by atoms with Gasteiger partial charge in [0.25, 0.3) is 0 Å². The van der Waals surface area contributed by atoms with Crippen LogP contribution in [0.25, 0.3) is 0 Å². The fraction of sp³-hybridized carbons (Fsp3) is 0.467. The molecule has 0 radical (unpaired) electrons. The number of aromatic nitrogens is 1. The van der Waals surface area contributed by atoms with E-state index in [0.29, 0.717) is 13.1 Å². The van der Waals surface area contributed by atoms with Gasteiger partial charge in [0.05, 0.1) is 23.5 Å². The third kappa shape index (κ3) is 4.90. The number of nitrogens with zero attached hydrogens (tertiary/aromatic N) is 1. The molecular weight excluding hydrogens is 286 g/mol. The van der Waals surface area contributed by atoms with Crippen molar-refractivity contribution in [1.82, 2.24) is 15.6 Å². The number of nitrogens with one attached hydrogen (secondary N) is 2. The fourth-order valence-corrected chi connectivity index (χ4v) is 2.72. The molecule has 0 saturated heterocycles. The highest BCUT2D eigenvalue weighted by molar-refractivity contribution is 7.09. The molecule has 21 heavy (non-hydrogen) atoms. The van der Waals surface area contributed by atoms with Crippen molar-refractivity contribution in [2.45, 2.75) is 39.2 Å². The Kier molecular flexibility index (Phi) is 5.01. The van der Waals surface area contributed by atoms with Crippen LogP contribution in [-0.4, -0.2) is 17.6 Å². The zero-order valence-electron chi connectivity index (χ0n) is 12.6.